The minimum atomic E-state index is 0. The topological polar surface area (TPSA) is 126 Å². The number of hydrogen-bond donors (Lipinski definition) is 0. The third kappa shape index (κ3) is 83.3. The van der Waals surface area contributed by atoms with Gasteiger partial charge in [0.25, 0.3) is 0 Å². The van der Waals surface area contributed by atoms with E-state index in [1.807, 2.05) is 0 Å². The summed E-state index contributed by atoms with van der Waals surface area (Å²) in [6.45, 7) is 0. The molecule has 0 aliphatic carbocycles. The smallest absolute Gasteiger partial charge is 1.00 e. The average molecular weight is 344 g/mol. The fourth-order valence-corrected chi connectivity index (χ4v) is 0. The second kappa shape index (κ2) is 157. The van der Waals surface area contributed by atoms with E-state index in [0.717, 1.165) is 0 Å². The zero-order chi connectivity index (χ0) is 0. The number of hydrogen-bond acceptors (Lipinski definition) is 0. The molecule has 8 N–H and O–H groups in total. The Balaban J connectivity index is 0. The Hall–Kier alpha value is 0.969. The van der Waals surface area contributed by atoms with Gasteiger partial charge in [-0.2, -0.15) is 0 Å². The van der Waals surface area contributed by atoms with Crippen molar-refractivity contribution in [2.45, 2.75) is 0 Å². The summed E-state index contributed by atoms with van der Waals surface area (Å²) in [5.74, 6) is 0. The second-order valence-electron chi connectivity index (χ2n) is 0. The van der Waals surface area contributed by atoms with E-state index in [9.17, 15) is 0 Å². The number of rotatable bonds is 0. The molecule has 0 unspecified atom stereocenters. The fourth-order valence-electron chi connectivity index (χ4n) is 0. The third-order valence-electron chi connectivity index (χ3n) is 0. The molecule has 0 aromatic heterocycles. The summed E-state index contributed by atoms with van der Waals surface area (Å²) >= 11 is 0. The summed E-state index contributed by atoms with van der Waals surface area (Å²) in [5.41, 5.74) is 0. The van der Waals surface area contributed by atoms with Crippen LogP contribution >= 0.6 is 0 Å². The zero-order valence-electron chi connectivity index (χ0n) is 2.71. The van der Waals surface area contributed by atoms with Crippen LogP contribution in [0, 0.1) is 0 Å². The molecule has 0 saturated carbocycles. The van der Waals surface area contributed by atoms with Gasteiger partial charge in [0.1, 0.15) is 0 Å². The maximum absolute atomic E-state index is 0. The maximum atomic E-state index is 0. The van der Waals surface area contributed by atoms with E-state index in [-0.39, 0.29) is 59.0 Å². The van der Waals surface area contributed by atoms with E-state index in [1.54, 1.807) is 0 Å². The van der Waals surface area contributed by atoms with Gasteiger partial charge in [0, 0.05) is 0 Å². The predicted octanol–water partition coefficient (Wildman–Crippen LogP) is -6.30. The van der Waals surface area contributed by atoms with Gasteiger partial charge in [0.05, 0.1) is 0 Å². The third-order valence-corrected chi connectivity index (χ3v) is 0. The van der Waals surface area contributed by atoms with Crippen LogP contribution in [-0.2, 0) is 20.1 Å². The van der Waals surface area contributed by atoms with Crippen LogP contribution < -0.4 is 17.0 Å². The quantitative estimate of drug-likeness (QED) is 0.415. The summed E-state index contributed by atoms with van der Waals surface area (Å²) in [6.07, 6.45) is 0. The Kier molecular flexibility index (Phi) is 6910. The molecule has 0 fully saturated rings. The first-order valence-electron chi connectivity index (χ1n) is 0. The van der Waals surface area contributed by atoms with Gasteiger partial charge in [-0.25, -0.2) is 0 Å². The van der Waals surface area contributed by atoms with Crippen molar-refractivity contribution in [1.82, 2.24) is 0 Å². The fraction of sp³-hybridized carbons (Fsp3) is 0. The van der Waals surface area contributed by atoms with Crippen LogP contribution in [-0.4, -0.2) is 21.9 Å². The molecule has 46 valence electrons. The Morgan fingerprint density at radius 1 is 0.500 bits per heavy atom. The molecule has 0 radical (unpaired) electrons. The average Bonchev–Trinajstić information content (AvgIpc) is 0. The molecule has 0 atom stereocenters. The first-order valence-corrected chi connectivity index (χ1v) is 0. The van der Waals surface area contributed by atoms with Crippen LogP contribution in [0.5, 0.6) is 0 Å². The Morgan fingerprint density at radius 3 is 0.500 bits per heavy atom. The van der Waals surface area contributed by atoms with Crippen molar-refractivity contribution in [1.29, 1.82) is 0 Å². The van der Waals surface area contributed by atoms with Crippen LogP contribution in [0.3, 0.4) is 0 Å². The van der Waals surface area contributed by atoms with E-state index >= 15 is 0 Å². The van der Waals surface area contributed by atoms with Gasteiger partial charge >= 0.3 is 20.1 Å². The molecule has 0 rings (SSSR count). The molecule has 0 aromatic rings. The molecule has 0 aliphatic heterocycles. The Labute approximate surface area is 59.3 Å². The van der Waals surface area contributed by atoms with Crippen molar-refractivity contribution in [3.05, 3.63) is 0 Å². The van der Waals surface area contributed by atoms with E-state index < -0.39 is 0 Å². The molecule has 0 heterocycles. The summed E-state index contributed by atoms with van der Waals surface area (Å²) in [7, 11) is 0. The first-order chi connectivity index (χ1) is 0. The van der Waals surface area contributed by atoms with E-state index in [0.29, 0.717) is 0 Å². The minimum Gasteiger partial charge on any atom is -1.00 e. The molecule has 6 heavy (non-hydrogen) atoms. The summed E-state index contributed by atoms with van der Waals surface area (Å²) in [5, 5.41) is 0. The van der Waals surface area contributed by atoms with Crippen molar-refractivity contribution >= 4 is 0 Å². The number of halogens is 1. The molecule has 4 nitrogen and oxygen atoms in total. The summed E-state index contributed by atoms with van der Waals surface area (Å²) in [4.78, 5) is 0. The van der Waals surface area contributed by atoms with Crippen molar-refractivity contribution in [3.8, 4) is 0 Å². The molecular weight excluding hydrogens is 336 g/mol. The molecule has 0 amide bonds. The molecule has 0 aromatic carbocycles. The molecule has 0 aliphatic rings. The largest absolute Gasteiger partial charge is 3.00 e. The van der Waals surface area contributed by atoms with Crippen LogP contribution in [0.15, 0.2) is 0 Å². The maximum Gasteiger partial charge on any atom is 3.00 e. The minimum absolute atomic E-state index is 0. The monoisotopic (exact) mass is 344 g/mol. The molecule has 0 spiro atoms. The van der Waals surface area contributed by atoms with Gasteiger partial charge in [0.2, 0.25) is 0 Å². The van der Waals surface area contributed by atoms with Gasteiger partial charge in [-0.05, 0) is 0 Å². The van der Waals surface area contributed by atoms with E-state index in [4.69, 9.17) is 0 Å². The van der Waals surface area contributed by atoms with Crippen molar-refractivity contribution in [3.63, 3.8) is 0 Å². The van der Waals surface area contributed by atoms with Crippen LogP contribution in [0.2, 0.25) is 0 Å². The molecule has 6 heteroatoms. The van der Waals surface area contributed by atoms with Crippen molar-refractivity contribution < 1.29 is 59.0 Å². The summed E-state index contributed by atoms with van der Waals surface area (Å²) < 4.78 is 0. The van der Waals surface area contributed by atoms with Crippen LogP contribution in [0.25, 0.3) is 0 Å². The Bertz CT molecular complexity index is 7.51. The van der Waals surface area contributed by atoms with Gasteiger partial charge in [-0.1, -0.05) is 0 Å². The Morgan fingerprint density at radius 2 is 0.500 bits per heavy atom. The van der Waals surface area contributed by atoms with Crippen LogP contribution in [0.1, 0.15) is 0 Å². The normalized spacial score (nSPS) is 0. The second-order valence-corrected chi connectivity index (χ2v) is 0. The predicted molar refractivity (Wildman–Crippen MR) is 14.5 cm³/mol. The van der Waals surface area contributed by atoms with Crippen molar-refractivity contribution in [2.24, 2.45) is 0 Å². The van der Waals surface area contributed by atoms with Gasteiger partial charge in [0.15, 0.2) is 0 Å². The standard InChI is InChI=1S/BrH.Ir.4H2O/h1H;;4*1H2/q;+3;;;;/p-1. The van der Waals surface area contributed by atoms with Gasteiger partial charge < -0.3 is 38.9 Å². The first kappa shape index (κ1) is 264. The van der Waals surface area contributed by atoms with Crippen LogP contribution in [0.4, 0.5) is 0 Å². The SMILES string of the molecule is O.O.O.O.[Br-].[Ir+3]. The van der Waals surface area contributed by atoms with Crippen molar-refractivity contribution in [2.75, 3.05) is 0 Å². The molecular formula is H8BrIrO4+2. The van der Waals surface area contributed by atoms with Gasteiger partial charge in [-0.15, -0.1) is 0 Å². The van der Waals surface area contributed by atoms with E-state index in [1.165, 1.54) is 0 Å². The van der Waals surface area contributed by atoms with Gasteiger partial charge in [-0.3, -0.25) is 0 Å². The molecule has 0 bridgehead atoms. The van der Waals surface area contributed by atoms with E-state index in [2.05, 4.69) is 0 Å². The molecule has 0 saturated heterocycles. The zero-order valence-corrected chi connectivity index (χ0v) is 6.69. The summed E-state index contributed by atoms with van der Waals surface area (Å²) in [6, 6.07) is 0.